The summed E-state index contributed by atoms with van der Waals surface area (Å²) in [6.07, 6.45) is 0. The number of hydrogen-bond acceptors (Lipinski definition) is 2. The van der Waals surface area contributed by atoms with E-state index in [2.05, 4.69) is 48.5 Å². The van der Waals surface area contributed by atoms with Crippen LogP contribution in [0.3, 0.4) is 0 Å². The molecule has 0 saturated carbocycles. The second-order valence-corrected chi connectivity index (χ2v) is 5.04. The van der Waals surface area contributed by atoms with Crippen LogP contribution >= 0.6 is 0 Å². The first-order valence-corrected chi connectivity index (χ1v) is 6.96. The van der Waals surface area contributed by atoms with E-state index in [4.69, 9.17) is 9.68 Å². The Morgan fingerprint density at radius 3 is 1.67 bits per heavy atom. The van der Waals surface area contributed by atoms with Gasteiger partial charge in [0.2, 0.25) is 0 Å². The summed E-state index contributed by atoms with van der Waals surface area (Å²) in [5.41, 5.74) is 0. The molecule has 0 amide bonds. The van der Waals surface area contributed by atoms with Gasteiger partial charge in [0.05, 0.1) is 0 Å². The van der Waals surface area contributed by atoms with Gasteiger partial charge in [-0.3, -0.25) is 0 Å². The molecule has 3 heteroatoms. The van der Waals surface area contributed by atoms with E-state index in [1.807, 2.05) is 18.2 Å². The Bertz CT molecular complexity index is 918. The fourth-order valence-corrected chi connectivity index (χ4v) is 3.11. The zero-order valence-corrected chi connectivity index (χ0v) is 11.4. The number of hydrogen-bond donors (Lipinski definition) is 1. The summed E-state index contributed by atoms with van der Waals surface area (Å²) in [5.74, 6) is 0.719. The van der Waals surface area contributed by atoms with Gasteiger partial charge in [-0.15, -0.1) is 0 Å². The number of fused-ring (bicyclic) bond motifs is 6. The molecule has 0 aliphatic carbocycles. The molecule has 2 nitrogen and oxygen atoms in total. The highest BCUT2D eigenvalue weighted by molar-refractivity contribution is 6.27. The Hall–Kier alpha value is -2.52. The van der Waals surface area contributed by atoms with Gasteiger partial charge < -0.3 is 9.68 Å². The lowest BCUT2D eigenvalue weighted by Gasteiger charge is -2.13. The predicted molar refractivity (Wildman–Crippen MR) is 89.0 cm³/mol. The van der Waals surface area contributed by atoms with Crippen LogP contribution in [-0.2, 0) is 0 Å². The van der Waals surface area contributed by atoms with E-state index in [1.165, 1.54) is 16.2 Å². The zero-order chi connectivity index (χ0) is 14.2. The van der Waals surface area contributed by atoms with E-state index in [-0.39, 0.29) is 7.69 Å². The molecule has 0 heterocycles. The van der Waals surface area contributed by atoms with Gasteiger partial charge in [-0.1, -0.05) is 60.7 Å². The van der Waals surface area contributed by atoms with Crippen LogP contribution < -0.4 is 4.65 Å². The van der Waals surface area contributed by atoms with E-state index < -0.39 is 0 Å². The van der Waals surface area contributed by atoms with Crippen LogP contribution in [0.15, 0.2) is 66.7 Å². The Morgan fingerprint density at radius 1 is 0.619 bits per heavy atom. The van der Waals surface area contributed by atoms with E-state index in [0.717, 1.165) is 21.9 Å². The summed E-state index contributed by atoms with van der Waals surface area (Å²) in [6, 6.07) is 22.7. The highest BCUT2D eigenvalue weighted by Crippen LogP contribution is 2.39. The summed E-state index contributed by atoms with van der Waals surface area (Å²) < 4.78 is 5.43. The number of benzene rings is 4. The average molecular weight is 272 g/mol. The van der Waals surface area contributed by atoms with Crippen LogP contribution in [0, 0.1) is 0 Å². The summed E-state index contributed by atoms with van der Waals surface area (Å²) >= 11 is 0. The van der Waals surface area contributed by atoms with Crippen molar-refractivity contribution < 1.29 is 9.68 Å². The van der Waals surface area contributed by atoms with Crippen molar-refractivity contribution in [3.63, 3.8) is 0 Å². The van der Waals surface area contributed by atoms with Gasteiger partial charge in [-0.25, -0.2) is 0 Å². The molecule has 100 valence electrons. The maximum atomic E-state index is 9.14. The predicted octanol–water partition coefficient (Wildman–Crippen LogP) is 3.78. The lowest BCUT2D eigenvalue weighted by molar-refractivity contribution is 0.457. The van der Waals surface area contributed by atoms with Crippen molar-refractivity contribution in [1.29, 1.82) is 0 Å². The van der Waals surface area contributed by atoms with Crippen LogP contribution in [0.25, 0.3) is 32.3 Å². The van der Waals surface area contributed by atoms with Gasteiger partial charge in [-0.2, -0.15) is 0 Å². The average Bonchev–Trinajstić information content (AvgIpc) is 2.55. The minimum absolute atomic E-state index is 0.319. The van der Waals surface area contributed by atoms with Gasteiger partial charge in [0.1, 0.15) is 5.75 Å². The summed E-state index contributed by atoms with van der Waals surface area (Å²) in [5, 5.41) is 16.1. The van der Waals surface area contributed by atoms with Crippen molar-refractivity contribution >= 4 is 40.0 Å². The first kappa shape index (κ1) is 12.2. The maximum Gasteiger partial charge on any atom is 0.504 e. The molecule has 4 aromatic carbocycles. The summed E-state index contributed by atoms with van der Waals surface area (Å²) in [6.45, 7) is 0. The van der Waals surface area contributed by atoms with Gasteiger partial charge in [0, 0.05) is 5.39 Å². The smallest absolute Gasteiger partial charge is 0.504 e. The lowest BCUT2D eigenvalue weighted by Crippen LogP contribution is -2.00. The molecule has 0 fully saturated rings. The Labute approximate surface area is 122 Å². The number of rotatable bonds is 2. The molecular weight excluding hydrogens is 259 g/mol. The van der Waals surface area contributed by atoms with E-state index in [1.54, 1.807) is 0 Å². The molecule has 21 heavy (non-hydrogen) atoms. The molecule has 0 bridgehead atoms. The Balaban J connectivity index is 2.33. The third kappa shape index (κ3) is 1.78. The molecular formula is C18H13BO2. The Morgan fingerprint density at radius 2 is 1.10 bits per heavy atom. The monoisotopic (exact) mass is 272 g/mol. The molecule has 1 N–H and O–H groups in total. The van der Waals surface area contributed by atoms with Crippen LogP contribution in [0.2, 0.25) is 0 Å². The molecule has 4 aromatic rings. The van der Waals surface area contributed by atoms with Gasteiger partial charge in [-0.05, 0) is 33.0 Å². The van der Waals surface area contributed by atoms with Crippen LogP contribution in [0.1, 0.15) is 0 Å². The minimum atomic E-state index is -0.319. The van der Waals surface area contributed by atoms with Crippen LogP contribution in [0.5, 0.6) is 5.75 Å². The standard InChI is InChI=1S/C18H13BO2/c20-19-21-17-11-5-10-16-14-7-2-1-6-12(14)13-8-3-4-9-15(13)18(16)17/h1-11,19-20H. The molecule has 4 rings (SSSR count). The van der Waals surface area contributed by atoms with Crippen LogP contribution in [0.4, 0.5) is 0 Å². The van der Waals surface area contributed by atoms with Crippen molar-refractivity contribution in [3.8, 4) is 5.75 Å². The first-order chi connectivity index (χ1) is 10.4. The first-order valence-electron chi connectivity index (χ1n) is 6.96. The fraction of sp³-hybridized carbons (Fsp3) is 0. The van der Waals surface area contributed by atoms with Crippen LogP contribution in [-0.4, -0.2) is 12.7 Å². The summed E-state index contributed by atoms with van der Waals surface area (Å²) in [7, 11) is -0.319. The van der Waals surface area contributed by atoms with Crippen molar-refractivity contribution in [1.82, 2.24) is 0 Å². The SMILES string of the molecule is OBOc1cccc2c3ccccc3c3ccccc3c12. The zero-order valence-electron chi connectivity index (χ0n) is 11.4. The van der Waals surface area contributed by atoms with Crippen molar-refractivity contribution in [2.45, 2.75) is 0 Å². The highest BCUT2D eigenvalue weighted by atomic mass is 16.5. The normalized spacial score (nSPS) is 11.1. The Kier molecular flexibility index (Phi) is 2.79. The van der Waals surface area contributed by atoms with Crippen molar-refractivity contribution in [3.05, 3.63) is 66.7 Å². The topological polar surface area (TPSA) is 29.5 Å². The molecule has 0 radical (unpaired) electrons. The van der Waals surface area contributed by atoms with E-state index in [0.29, 0.717) is 0 Å². The third-order valence-corrected chi connectivity index (χ3v) is 3.95. The molecule has 0 spiro atoms. The minimum Gasteiger partial charge on any atom is -0.538 e. The van der Waals surface area contributed by atoms with Crippen molar-refractivity contribution in [2.24, 2.45) is 0 Å². The second kappa shape index (κ2) is 4.79. The quantitative estimate of drug-likeness (QED) is 0.444. The largest absolute Gasteiger partial charge is 0.538 e. The second-order valence-electron chi connectivity index (χ2n) is 5.04. The third-order valence-electron chi connectivity index (χ3n) is 3.95. The van der Waals surface area contributed by atoms with Gasteiger partial charge in [0.25, 0.3) is 0 Å². The fourth-order valence-electron chi connectivity index (χ4n) is 3.11. The maximum absolute atomic E-state index is 9.14. The van der Waals surface area contributed by atoms with Gasteiger partial charge in [0.15, 0.2) is 0 Å². The molecule has 0 saturated heterocycles. The molecule has 0 aromatic heterocycles. The van der Waals surface area contributed by atoms with E-state index in [9.17, 15) is 0 Å². The highest BCUT2D eigenvalue weighted by Gasteiger charge is 2.11. The van der Waals surface area contributed by atoms with Gasteiger partial charge >= 0.3 is 7.69 Å². The summed E-state index contributed by atoms with van der Waals surface area (Å²) in [4.78, 5) is 0. The molecule has 0 aliphatic rings. The molecule has 0 atom stereocenters. The lowest BCUT2D eigenvalue weighted by atomic mass is 9.94. The van der Waals surface area contributed by atoms with Crippen molar-refractivity contribution in [2.75, 3.05) is 0 Å². The van der Waals surface area contributed by atoms with E-state index >= 15 is 0 Å². The molecule has 0 unspecified atom stereocenters. The molecule has 0 aliphatic heterocycles.